The Morgan fingerprint density at radius 3 is 2.40 bits per heavy atom. The molecule has 128 valence electrons. The van der Waals surface area contributed by atoms with Crippen LogP contribution in [0.4, 0.5) is 0 Å². The zero-order chi connectivity index (χ0) is 16.4. The van der Waals surface area contributed by atoms with Crippen LogP contribution < -0.4 is 18.9 Å². The van der Waals surface area contributed by atoms with Gasteiger partial charge >= 0.3 is 0 Å². The number of hydrogen-bond donors (Lipinski definition) is 0. The van der Waals surface area contributed by atoms with Gasteiger partial charge in [-0.05, 0) is 59.2 Å². The van der Waals surface area contributed by atoms with E-state index in [1.54, 1.807) is 0 Å². The molecule has 0 radical (unpaired) electrons. The Morgan fingerprint density at radius 1 is 0.760 bits per heavy atom. The summed E-state index contributed by atoms with van der Waals surface area (Å²) < 4.78 is 28.2. The number of ether oxygens (including phenoxy) is 5. The lowest BCUT2D eigenvalue weighted by atomic mass is 9.68. The molecule has 1 fully saturated rings. The van der Waals surface area contributed by atoms with Gasteiger partial charge in [-0.2, -0.15) is 0 Å². The standard InChI is InChI=1S/C20H18O5/c1-2-16-17(23-9-22-16)4-11(1)20-14-6-19-18(24-10-25-19)5-12(14)3-13-7-21-8-15(13)20/h1-2,4-6,13,15,20H,3,7-10H2/t13-,15-,20-/m0/s1. The summed E-state index contributed by atoms with van der Waals surface area (Å²) in [5.41, 5.74) is 3.93. The van der Waals surface area contributed by atoms with E-state index in [0.717, 1.165) is 42.6 Å². The molecule has 3 heterocycles. The fourth-order valence-electron chi connectivity index (χ4n) is 4.71. The van der Waals surface area contributed by atoms with Crippen molar-refractivity contribution in [1.29, 1.82) is 0 Å². The largest absolute Gasteiger partial charge is 0.454 e. The molecule has 0 saturated carbocycles. The maximum atomic E-state index is 5.85. The van der Waals surface area contributed by atoms with Crippen LogP contribution in [0.15, 0.2) is 30.3 Å². The zero-order valence-corrected chi connectivity index (χ0v) is 13.7. The van der Waals surface area contributed by atoms with Crippen molar-refractivity contribution in [2.24, 2.45) is 11.8 Å². The van der Waals surface area contributed by atoms with E-state index >= 15 is 0 Å². The molecule has 0 unspecified atom stereocenters. The first-order chi connectivity index (χ1) is 12.4. The van der Waals surface area contributed by atoms with Gasteiger partial charge in [-0.1, -0.05) is 6.07 Å². The molecule has 4 aliphatic rings. The van der Waals surface area contributed by atoms with E-state index in [1.807, 2.05) is 6.07 Å². The molecule has 5 nitrogen and oxygen atoms in total. The average molecular weight is 338 g/mol. The molecule has 0 spiro atoms. The maximum absolute atomic E-state index is 5.85. The molecule has 0 amide bonds. The lowest BCUT2D eigenvalue weighted by molar-refractivity contribution is 0.173. The predicted molar refractivity (Wildman–Crippen MR) is 88.5 cm³/mol. The van der Waals surface area contributed by atoms with Crippen LogP contribution in [-0.4, -0.2) is 26.8 Å². The second-order valence-electron chi connectivity index (χ2n) is 7.16. The van der Waals surface area contributed by atoms with E-state index in [2.05, 4.69) is 24.3 Å². The molecule has 3 aliphatic heterocycles. The van der Waals surface area contributed by atoms with Crippen molar-refractivity contribution in [3.05, 3.63) is 47.0 Å². The Bertz CT molecular complexity index is 861. The summed E-state index contributed by atoms with van der Waals surface area (Å²) in [5.74, 6) is 4.67. The lowest BCUT2D eigenvalue weighted by Gasteiger charge is -2.35. The minimum Gasteiger partial charge on any atom is -0.454 e. The SMILES string of the molecule is c1cc2c(cc1[C@H]1c3cc4c(cc3C[C@H]3COC[C@@H]31)OCO4)OCO2. The maximum Gasteiger partial charge on any atom is 0.231 e. The molecule has 25 heavy (non-hydrogen) atoms. The highest BCUT2D eigenvalue weighted by molar-refractivity contribution is 5.55. The van der Waals surface area contributed by atoms with Crippen molar-refractivity contribution >= 4 is 0 Å². The average Bonchev–Trinajstić information content (AvgIpc) is 3.36. The summed E-state index contributed by atoms with van der Waals surface area (Å²) in [6.07, 6.45) is 1.04. The summed E-state index contributed by atoms with van der Waals surface area (Å²) in [5, 5.41) is 0. The highest BCUT2D eigenvalue weighted by Gasteiger charge is 2.42. The van der Waals surface area contributed by atoms with Crippen LogP contribution in [0.3, 0.4) is 0 Å². The van der Waals surface area contributed by atoms with Crippen LogP contribution in [0, 0.1) is 11.8 Å². The van der Waals surface area contributed by atoms with Gasteiger partial charge in [0, 0.05) is 5.92 Å². The fraction of sp³-hybridized carbons (Fsp3) is 0.400. The van der Waals surface area contributed by atoms with E-state index in [9.17, 15) is 0 Å². The Morgan fingerprint density at radius 2 is 1.52 bits per heavy atom. The summed E-state index contributed by atoms with van der Waals surface area (Å²) in [7, 11) is 0. The molecule has 0 aromatic heterocycles. The monoisotopic (exact) mass is 338 g/mol. The van der Waals surface area contributed by atoms with Gasteiger partial charge < -0.3 is 23.7 Å². The Balaban J connectivity index is 1.52. The minimum absolute atomic E-state index is 0.278. The Hall–Kier alpha value is -2.40. The molecule has 1 aliphatic carbocycles. The summed E-state index contributed by atoms with van der Waals surface area (Å²) >= 11 is 0. The predicted octanol–water partition coefficient (Wildman–Crippen LogP) is 3.09. The molecule has 0 N–H and O–H groups in total. The number of rotatable bonds is 1. The zero-order valence-electron chi connectivity index (χ0n) is 13.7. The van der Waals surface area contributed by atoms with Crippen molar-refractivity contribution in [2.45, 2.75) is 12.3 Å². The van der Waals surface area contributed by atoms with E-state index in [0.29, 0.717) is 25.4 Å². The summed E-state index contributed by atoms with van der Waals surface area (Å²) in [4.78, 5) is 0. The molecular weight excluding hydrogens is 320 g/mol. The van der Waals surface area contributed by atoms with Gasteiger partial charge in [-0.15, -0.1) is 0 Å². The van der Waals surface area contributed by atoms with Crippen LogP contribution in [0.2, 0.25) is 0 Å². The first kappa shape index (κ1) is 13.8. The molecule has 5 heteroatoms. The van der Waals surface area contributed by atoms with Crippen molar-refractivity contribution in [1.82, 2.24) is 0 Å². The van der Waals surface area contributed by atoms with E-state index in [-0.39, 0.29) is 5.92 Å². The third-order valence-corrected chi connectivity index (χ3v) is 5.88. The van der Waals surface area contributed by atoms with Crippen LogP contribution in [0.5, 0.6) is 23.0 Å². The molecular formula is C20H18O5. The lowest BCUT2D eigenvalue weighted by Crippen LogP contribution is -2.29. The normalized spacial score (nSPS) is 27.9. The minimum atomic E-state index is 0.278. The quantitative estimate of drug-likeness (QED) is 0.800. The van der Waals surface area contributed by atoms with Crippen molar-refractivity contribution in [3.63, 3.8) is 0 Å². The van der Waals surface area contributed by atoms with Gasteiger partial charge in [-0.3, -0.25) is 0 Å². The van der Waals surface area contributed by atoms with Gasteiger partial charge in [0.2, 0.25) is 13.6 Å². The molecule has 2 aromatic rings. The van der Waals surface area contributed by atoms with Gasteiger partial charge in [0.25, 0.3) is 0 Å². The van der Waals surface area contributed by atoms with Gasteiger partial charge in [0.1, 0.15) is 0 Å². The van der Waals surface area contributed by atoms with E-state index in [4.69, 9.17) is 23.7 Å². The third-order valence-electron chi connectivity index (χ3n) is 5.88. The Labute approximate surface area is 145 Å². The number of benzene rings is 2. The molecule has 0 bridgehead atoms. The van der Waals surface area contributed by atoms with Crippen LogP contribution in [-0.2, 0) is 11.2 Å². The third kappa shape index (κ3) is 1.99. The van der Waals surface area contributed by atoms with E-state index < -0.39 is 0 Å². The summed E-state index contributed by atoms with van der Waals surface area (Å²) in [6, 6.07) is 10.6. The first-order valence-corrected chi connectivity index (χ1v) is 8.76. The smallest absolute Gasteiger partial charge is 0.231 e. The molecule has 1 saturated heterocycles. The first-order valence-electron chi connectivity index (χ1n) is 8.76. The Kier molecular flexibility index (Phi) is 2.80. The van der Waals surface area contributed by atoms with Crippen LogP contribution >= 0.6 is 0 Å². The van der Waals surface area contributed by atoms with Gasteiger partial charge in [0.05, 0.1) is 13.2 Å². The van der Waals surface area contributed by atoms with Crippen LogP contribution in [0.25, 0.3) is 0 Å². The van der Waals surface area contributed by atoms with Crippen molar-refractivity contribution < 1.29 is 23.7 Å². The number of hydrogen-bond acceptors (Lipinski definition) is 5. The highest BCUT2D eigenvalue weighted by atomic mass is 16.7. The number of fused-ring (bicyclic) bond motifs is 4. The van der Waals surface area contributed by atoms with Crippen LogP contribution in [0.1, 0.15) is 22.6 Å². The highest BCUT2D eigenvalue weighted by Crippen LogP contribution is 2.50. The fourth-order valence-corrected chi connectivity index (χ4v) is 4.71. The topological polar surface area (TPSA) is 46.2 Å². The van der Waals surface area contributed by atoms with Crippen molar-refractivity contribution in [3.8, 4) is 23.0 Å². The molecule has 2 aromatic carbocycles. The second kappa shape index (κ2) is 5.05. The molecule has 6 rings (SSSR count). The molecule has 3 atom stereocenters. The van der Waals surface area contributed by atoms with Gasteiger partial charge in [0.15, 0.2) is 23.0 Å². The summed E-state index contributed by atoms with van der Waals surface area (Å²) in [6.45, 7) is 2.24. The van der Waals surface area contributed by atoms with E-state index in [1.165, 1.54) is 16.7 Å². The second-order valence-corrected chi connectivity index (χ2v) is 7.16. The van der Waals surface area contributed by atoms with Gasteiger partial charge in [-0.25, -0.2) is 0 Å². The van der Waals surface area contributed by atoms with Crippen molar-refractivity contribution in [2.75, 3.05) is 26.8 Å².